The van der Waals surface area contributed by atoms with Gasteiger partial charge < -0.3 is 10.6 Å². The third-order valence-electron chi connectivity index (χ3n) is 4.78. The summed E-state index contributed by atoms with van der Waals surface area (Å²) in [6.07, 6.45) is 1.02. The molecule has 2 unspecified atom stereocenters. The topological polar surface area (TPSA) is 64.7 Å². The van der Waals surface area contributed by atoms with Crippen LogP contribution in [-0.4, -0.2) is 65.4 Å². The first-order chi connectivity index (χ1) is 12.2. The van der Waals surface area contributed by atoms with Crippen LogP contribution in [0.25, 0.3) is 0 Å². The van der Waals surface area contributed by atoms with Gasteiger partial charge in [0, 0.05) is 41.4 Å². The number of nitrogens with one attached hydrogen (secondary N) is 2. The van der Waals surface area contributed by atoms with Gasteiger partial charge in [0.2, 0.25) is 11.8 Å². The molecule has 1 aromatic rings. The molecule has 6 nitrogen and oxygen atoms in total. The Hall–Kier alpha value is -1.63. The van der Waals surface area contributed by atoms with Crippen LogP contribution in [0.15, 0.2) is 24.3 Å². The average molecular weight is 379 g/mol. The molecule has 0 saturated carbocycles. The third kappa shape index (κ3) is 4.96. The highest BCUT2D eigenvalue weighted by Gasteiger charge is 2.44. The van der Waals surface area contributed by atoms with E-state index in [1.807, 2.05) is 32.9 Å². The zero-order chi connectivity index (χ0) is 18.9. The SMILES string of the molecule is CC(C)(C)NC(=O)CN1CC2CC1CN2CC(=O)Nc1cccc(Cl)c1. The summed E-state index contributed by atoms with van der Waals surface area (Å²) in [7, 11) is 0. The highest BCUT2D eigenvalue weighted by molar-refractivity contribution is 6.30. The molecule has 0 spiro atoms. The van der Waals surface area contributed by atoms with E-state index in [-0.39, 0.29) is 17.4 Å². The van der Waals surface area contributed by atoms with E-state index in [4.69, 9.17) is 11.6 Å². The lowest BCUT2D eigenvalue weighted by atomic mass is 10.1. The van der Waals surface area contributed by atoms with Crippen LogP contribution in [0.1, 0.15) is 27.2 Å². The fourth-order valence-corrected chi connectivity index (χ4v) is 4.00. The summed E-state index contributed by atoms with van der Waals surface area (Å²) in [5.41, 5.74) is 0.507. The molecule has 2 bridgehead atoms. The molecule has 2 aliphatic heterocycles. The van der Waals surface area contributed by atoms with Gasteiger partial charge in [-0.3, -0.25) is 19.4 Å². The van der Waals surface area contributed by atoms with Gasteiger partial charge in [-0.1, -0.05) is 17.7 Å². The van der Waals surface area contributed by atoms with Gasteiger partial charge in [-0.05, 0) is 45.4 Å². The van der Waals surface area contributed by atoms with Crippen LogP contribution in [0.4, 0.5) is 5.69 Å². The molecular weight excluding hydrogens is 352 g/mol. The van der Waals surface area contributed by atoms with Crippen LogP contribution in [0.5, 0.6) is 0 Å². The number of carbonyl (C=O) groups is 2. The largest absolute Gasteiger partial charge is 0.350 e. The summed E-state index contributed by atoms with van der Waals surface area (Å²) < 4.78 is 0. The molecular formula is C19H27ClN4O2. The Labute approximate surface area is 159 Å². The van der Waals surface area contributed by atoms with E-state index in [9.17, 15) is 9.59 Å². The summed E-state index contributed by atoms with van der Waals surface area (Å²) in [4.78, 5) is 28.9. The Balaban J connectivity index is 1.46. The molecule has 1 aromatic carbocycles. The number of nitrogens with zero attached hydrogens (tertiary/aromatic N) is 2. The number of anilines is 1. The molecule has 2 N–H and O–H groups in total. The number of rotatable bonds is 5. The summed E-state index contributed by atoms with van der Waals surface area (Å²) >= 11 is 5.95. The number of piperazine rings is 1. The van der Waals surface area contributed by atoms with Crippen molar-refractivity contribution in [3.05, 3.63) is 29.3 Å². The summed E-state index contributed by atoms with van der Waals surface area (Å²) in [5.74, 6) is 0.0344. The lowest BCUT2D eigenvalue weighted by Gasteiger charge is -2.34. The maximum Gasteiger partial charge on any atom is 0.238 e. The van der Waals surface area contributed by atoms with E-state index in [2.05, 4.69) is 20.4 Å². The zero-order valence-corrected chi connectivity index (χ0v) is 16.3. The number of benzene rings is 1. The first kappa shape index (κ1) is 19.1. The van der Waals surface area contributed by atoms with Crippen LogP contribution >= 0.6 is 11.6 Å². The number of halogens is 1. The number of fused-ring (bicyclic) bond motifs is 2. The lowest BCUT2D eigenvalue weighted by Crippen LogP contribution is -2.52. The van der Waals surface area contributed by atoms with Gasteiger partial charge in [0.1, 0.15) is 0 Å². The van der Waals surface area contributed by atoms with Crippen molar-refractivity contribution in [1.82, 2.24) is 15.1 Å². The van der Waals surface area contributed by atoms with E-state index in [0.29, 0.717) is 35.9 Å². The van der Waals surface area contributed by atoms with Gasteiger partial charge in [0.25, 0.3) is 0 Å². The number of likely N-dealkylation sites (tertiary alicyclic amines) is 2. The predicted molar refractivity (Wildman–Crippen MR) is 103 cm³/mol. The number of hydrogen-bond donors (Lipinski definition) is 2. The molecule has 2 heterocycles. The third-order valence-corrected chi connectivity index (χ3v) is 5.02. The average Bonchev–Trinajstić information content (AvgIpc) is 3.04. The highest BCUT2D eigenvalue weighted by Crippen LogP contribution is 2.30. The van der Waals surface area contributed by atoms with Gasteiger partial charge in [0.15, 0.2) is 0 Å². The van der Waals surface area contributed by atoms with Crippen LogP contribution in [0.3, 0.4) is 0 Å². The van der Waals surface area contributed by atoms with Gasteiger partial charge in [0.05, 0.1) is 13.1 Å². The molecule has 2 aliphatic rings. The molecule has 7 heteroatoms. The fraction of sp³-hybridized carbons (Fsp3) is 0.579. The molecule has 26 heavy (non-hydrogen) atoms. The predicted octanol–water partition coefficient (Wildman–Crippen LogP) is 1.95. The second-order valence-corrected chi connectivity index (χ2v) is 8.70. The maximum atomic E-state index is 12.3. The Morgan fingerprint density at radius 1 is 1.12 bits per heavy atom. The summed E-state index contributed by atoms with van der Waals surface area (Å²) in [5, 5.41) is 6.51. The van der Waals surface area contributed by atoms with Crippen LogP contribution in [0, 0.1) is 0 Å². The van der Waals surface area contributed by atoms with Crippen molar-refractivity contribution in [2.75, 3.05) is 31.5 Å². The molecule has 0 radical (unpaired) electrons. The fourth-order valence-electron chi connectivity index (χ4n) is 3.81. The standard InChI is InChI=1S/C19H27ClN4O2/c1-19(2,3)22-18(26)12-24-10-15-8-16(24)9-23(15)11-17(25)21-14-6-4-5-13(20)7-14/h4-7,15-16H,8-12H2,1-3H3,(H,21,25)(H,22,26). The molecule has 142 valence electrons. The van der Waals surface area contributed by atoms with Crippen molar-refractivity contribution in [2.45, 2.75) is 44.8 Å². The maximum absolute atomic E-state index is 12.3. The minimum atomic E-state index is -0.208. The van der Waals surface area contributed by atoms with E-state index < -0.39 is 0 Å². The van der Waals surface area contributed by atoms with Crippen molar-refractivity contribution in [3.8, 4) is 0 Å². The van der Waals surface area contributed by atoms with Gasteiger partial charge in [-0.15, -0.1) is 0 Å². The Morgan fingerprint density at radius 2 is 1.73 bits per heavy atom. The van der Waals surface area contributed by atoms with E-state index >= 15 is 0 Å². The van der Waals surface area contributed by atoms with Gasteiger partial charge >= 0.3 is 0 Å². The minimum absolute atomic E-state index is 0.0307. The molecule has 3 rings (SSSR count). The first-order valence-corrected chi connectivity index (χ1v) is 9.42. The molecule has 2 atom stereocenters. The molecule has 2 saturated heterocycles. The van der Waals surface area contributed by atoms with E-state index in [0.717, 1.165) is 19.5 Å². The number of hydrogen-bond acceptors (Lipinski definition) is 4. The van der Waals surface area contributed by atoms with E-state index in [1.54, 1.807) is 12.1 Å². The van der Waals surface area contributed by atoms with Crippen LogP contribution in [0.2, 0.25) is 5.02 Å². The molecule has 0 aromatic heterocycles. The molecule has 2 amide bonds. The van der Waals surface area contributed by atoms with Crippen LogP contribution in [-0.2, 0) is 9.59 Å². The van der Waals surface area contributed by atoms with Crippen molar-refractivity contribution in [2.24, 2.45) is 0 Å². The van der Waals surface area contributed by atoms with Crippen molar-refractivity contribution >= 4 is 29.1 Å². The quantitative estimate of drug-likeness (QED) is 0.822. The minimum Gasteiger partial charge on any atom is -0.350 e. The Morgan fingerprint density at radius 3 is 2.27 bits per heavy atom. The zero-order valence-electron chi connectivity index (χ0n) is 15.6. The summed E-state index contributed by atoms with van der Waals surface area (Å²) in [6, 6.07) is 7.86. The van der Waals surface area contributed by atoms with Gasteiger partial charge in [-0.2, -0.15) is 0 Å². The van der Waals surface area contributed by atoms with Crippen molar-refractivity contribution in [1.29, 1.82) is 0 Å². The molecule has 2 fully saturated rings. The van der Waals surface area contributed by atoms with Gasteiger partial charge in [-0.25, -0.2) is 0 Å². The normalized spacial score (nSPS) is 23.2. The smallest absolute Gasteiger partial charge is 0.238 e. The Kier molecular flexibility index (Phi) is 5.55. The number of carbonyl (C=O) groups excluding carboxylic acids is 2. The highest BCUT2D eigenvalue weighted by atomic mass is 35.5. The lowest BCUT2D eigenvalue weighted by molar-refractivity contribution is -0.124. The monoisotopic (exact) mass is 378 g/mol. The van der Waals surface area contributed by atoms with Crippen molar-refractivity contribution in [3.63, 3.8) is 0 Å². The van der Waals surface area contributed by atoms with Crippen molar-refractivity contribution < 1.29 is 9.59 Å². The Bertz CT molecular complexity index is 688. The summed E-state index contributed by atoms with van der Waals surface area (Å²) in [6.45, 7) is 8.43. The second-order valence-electron chi connectivity index (χ2n) is 8.26. The first-order valence-electron chi connectivity index (χ1n) is 9.04. The van der Waals surface area contributed by atoms with E-state index in [1.165, 1.54) is 0 Å². The number of amides is 2. The second kappa shape index (κ2) is 7.55. The molecule has 0 aliphatic carbocycles. The van der Waals surface area contributed by atoms with Crippen LogP contribution < -0.4 is 10.6 Å².